The fraction of sp³-hybridized carbons (Fsp3) is 0.929. The third kappa shape index (κ3) is 5.40. The van der Waals surface area contributed by atoms with Crippen molar-refractivity contribution >= 4 is 11.8 Å². The Bertz CT molecular complexity index is 391. The van der Waals surface area contributed by atoms with E-state index in [1.807, 2.05) is 16.4 Å². The summed E-state index contributed by atoms with van der Waals surface area (Å²) in [4.78, 5) is 0. The predicted octanol–water partition coefficient (Wildman–Crippen LogP) is 2.88. The Hall–Kier alpha value is -0.620. The van der Waals surface area contributed by atoms with Crippen LogP contribution in [0.25, 0.3) is 0 Å². The number of tetrazole rings is 1. The molecule has 1 aliphatic rings. The Morgan fingerprint density at radius 2 is 1.90 bits per heavy atom. The van der Waals surface area contributed by atoms with E-state index in [9.17, 15) is 0 Å². The van der Waals surface area contributed by atoms with Gasteiger partial charge in [-0.05, 0) is 44.0 Å². The van der Waals surface area contributed by atoms with Crippen LogP contribution in [0.3, 0.4) is 0 Å². The molecule has 0 aliphatic heterocycles. The van der Waals surface area contributed by atoms with Crippen LogP contribution in [0.4, 0.5) is 0 Å². The molecule has 114 valence electrons. The van der Waals surface area contributed by atoms with Crippen LogP contribution in [-0.4, -0.2) is 37.5 Å². The summed E-state index contributed by atoms with van der Waals surface area (Å²) in [6.07, 6.45) is 8.08. The Labute approximate surface area is 126 Å². The van der Waals surface area contributed by atoms with Crippen LogP contribution in [0.1, 0.15) is 59.3 Å². The fourth-order valence-corrected chi connectivity index (χ4v) is 3.67. The highest BCUT2D eigenvalue weighted by molar-refractivity contribution is 7.99. The minimum atomic E-state index is 0.141. The summed E-state index contributed by atoms with van der Waals surface area (Å²) in [5.41, 5.74) is 0.141. The van der Waals surface area contributed by atoms with Crippen molar-refractivity contribution in [2.24, 2.45) is 0 Å². The highest BCUT2D eigenvalue weighted by Crippen LogP contribution is 2.31. The van der Waals surface area contributed by atoms with Gasteiger partial charge in [-0.25, -0.2) is 4.68 Å². The van der Waals surface area contributed by atoms with Crippen LogP contribution in [0.2, 0.25) is 0 Å². The van der Waals surface area contributed by atoms with E-state index in [1.165, 1.54) is 38.5 Å². The van der Waals surface area contributed by atoms with Crippen molar-refractivity contribution in [3.05, 3.63) is 0 Å². The van der Waals surface area contributed by atoms with Gasteiger partial charge in [0, 0.05) is 17.3 Å². The van der Waals surface area contributed by atoms with Gasteiger partial charge in [0.05, 0.1) is 6.54 Å². The van der Waals surface area contributed by atoms with E-state index in [2.05, 4.69) is 41.6 Å². The van der Waals surface area contributed by atoms with Crippen molar-refractivity contribution in [2.75, 3.05) is 6.54 Å². The van der Waals surface area contributed by atoms with Crippen LogP contribution in [0.15, 0.2) is 5.16 Å². The molecule has 0 unspecified atom stereocenters. The minimum absolute atomic E-state index is 0.141. The molecule has 1 saturated carbocycles. The first kappa shape index (κ1) is 15.8. The fourth-order valence-electron chi connectivity index (χ4n) is 2.47. The average Bonchev–Trinajstić information content (AvgIpc) is 2.63. The van der Waals surface area contributed by atoms with Crippen molar-refractivity contribution in [2.45, 2.75) is 81.8 Å². The third-order valence-electron chi connectivity index (χ3n) is 3.55. The number of thioether (sulfide) groups is 1. The molecular formula is C14H27N5S. The highest BCUT2D eigenvalue weighted by atomic mass is 32.2. The van der Waals surface area contributed by atoms with Crippen molar-refractivity contribution in [1.82, 2.24) is 25.5 Å². The highest BCUT2D eigenvalue weighted by Gasteiger charge is 2.17. The summed E-state index contributed by atoms with van der Waals surface area (Å²) < 4.78 is 1.94. The number of nitrogens with zero attached hydrogens (tertiary/aromatic N) is 4. The zero-order valence-electron chi connectivity index (χ0n) is 12.9. The first-order valence-corrected chi connectivity index (χ1v) is 8.60. The second kappa shape index (κ2) is 7.41. The van der Waals surface area contributed by atoms with Gasteiger partial charge in [0.15, 0.2) is 0 Å². The van der Waals surface area contributed by atoms with Crippen LogP contribution >= 0.6 is 11.8 Å². The Balaban J connectivity index is 1.84. The molecule has 0 saturated heterocycles. The van der Waals surface area contributed by atoms with Gasteiger partial charge in [0.25, 0.3) is 0 Å². The van der Waals surface area contributed by atoms with Crippen LogP contribution in [-0.2, 0) is 6.54 Å². The SMILES string of the molecule is CC(C)(C)NCCn1nnnc1SC1CCCCCC1. The number of nitrogens with one attached hydrogen (secondary N) is 1. The molecule has 0 spiro atoms. The third-order valence-corrected chi connectivity index (χ3v) is 4.86. The molecule has 0 atom stereocenters. The van der Waals surface area contributed by atoms with Crippen LogP contribution in [0.5, 0.6) is 0 Å². The van der Waals surface area contributed by atoms with Gasteiger partial charge < -0.3 is 5.32 Å². The maximum atomic E-state index is 4.19. The molecule has 1 aromatic heterocycles. The Morgan fingerprint density at radius 3 is 2.55 bits per heavy atom. The van der Waals surface area contributed by atoms with Gasteiger partial charge in [-0.3, -0.25) is 0 Å². The molecule has 0 radical (unpaired) electrons. The summed E-state index contributed by atoms with van der Waals surface area (Å²) in [5.74, 6) is 0. The molecule has 0 amide bonds. The topological polar surface area (TPSA) is 55.6 Å². The van der Waals surface area contributed by atoms with Crippen molar-refractivity contribution < 1.29 is 0 Å². The Morgan fingerprint density at radius 1 is 1.20 bits per heavy atom. The monoisotopic (exact) mass is 297 g/mol. The zero-order chi connectivity index (χ0) is 14.4. The first-order chi connectivity index (χ1) is 9.54. The zero-order valence-corrected chi connectivity index (χ0v) is 13.7. The van der Waals surface area contributed by atoms with Crippen LogP contribution < -0.4 is 5.32 Å². The van der Waals surface area contributed by atoms with Gasteiger partial charge in [0.1, 0.15) is 0 Å². The smallest absolute Gasteiger partial charge is 0.209 e. The molecule has 1 aromatic rings. The van der Waals surface area contributed by atoms with Gasteiger partial charge >= 0.3 is 0 Å². The lowest BCUT2D eigenvalue weighted by atomic mass is 10.1. The molecule has 1 aliphatic carbocycles. The first-order valence-electron chi connectivity index (χ1n) is 7.72. The van der Waals surface area contributed by atoms with E-state index >= 15 is 0 Å². The molecule has 0 bridgehead atoms. The van der Waals surface area contributed by atoms with Crippen molar-refractivity contribution in [1.29, 1.82) is 0 Å². The van der Waals surface area contributed by atoms with E-state index in [0.29, 0.717) is 5.25 Å². The lowest BCUT2D eigenvalue weighted by molar-refractivity contribution is 0.396. The number of hydrogen-bond acceptors (Lipinski definition) is 5. The maximum Gasteiger partial charge on any atom is 0.209 e. The van der Waals surface area contributed by atoms with Gasteiger partial charge in [-0.2, -0.15) is 0 Å². The number of hydrogen-bond donors (Lipinski definition) is 1. The minimum Gasteiger partial charge on any atom is -0.310 e. The average molecular weight is 297 g/mol. The molecule has 20 heavy (non-hydrogen) atoms. The molecular weight excluding hydrogens is 270 g/mol. The van der Waals surface area contributed by atoms with E-state index in [4.69, 9.17) is 0 Å². The quantitative estimate of drug-likeness (QED) is 0.847. The van der Waals surface area contributed by atoms with Gasteiger partial charge in [-0.15, -0.1) is 5.10 Å². The summed E-state index contributed by atoms with van der Waals surface area (Å²) in [7, 11) is 0. The van der Waals surface area contributed by atoms with E-state index < -0.39 is 0 Å². The van der Waals surface area contributed by atoms with E-state index in [1.54, 1.807) is 0 Å². The van der Waals surface area contributed by atoms with Crippen molar-refractivity contribution in [3.63, 3.8) is 0 Å². The molecule has 2 rings (SSSR count). The molecule has 1 heterocycles. The molecule has 1 fully saturated rings. The summed E-state index contributed by atoms with van der Waals surface area (Å²) >= 11 is 1.87. The number of aromatic nitrogens is 4. The summed E-state index contributed by atoms with van der Waals surface area (Å²) in [5, 5.41) is 17.3. The maximum absolute atomic E-state index is 4.19. The predicted molar refractivity (Wildman–Crippen MR) is 82.9 cm³/mol. The summed E-state index contributed by atoms with van der Waals surface area (Å²) in [6.45, 7) is 8.25. The lowest BCUT2D eigenvalue weighted by Crippen LogP contribution is -2.38. The molecule has 1 N–H and O–H groups in total. The molecule has 0 aromatic carbocycles. The van der Waals surface area contributed by atoms with Crippen molar-refractivity contribution in [3.8, 4) is 0 Å². The van der Waals surface area contributed by atoms with E-state index in [0.717, 1.165) is 18.2 Å². The molecule has 5 nitrogen and oxygen atoms in total. The van der Waals surface area contributed by atoms with Crippen LogP contribution in [0, 0.1) is 0 Å². The van der Waals surface area contributed by atoms with Gasteiger partial charge in [-0.1, -0.05) is 37.4 Å². The van der Waals surface area contributed by atoms with Gasteiger partial charge in [0.2, 0.25) is 5.16 Å². The lowest BCUT2D eigenvalue weighted by Gasteiger charge is -2.20. The molecule has 6 heteroatoms. The number of rotatable bonds is 5. The Kier molecular flexibility index (Phi) is 5.84. The van der Waals surface area contributed by atoms with E-state index in [-0.39, 0.29) is 5.54 Å². The standard InChI is InChI=1S/C14H27N5S/c1-14(2,3)15-10-11-19-13(16-17-18-19)20-12-8-6-4-5-7-9-12/h12,15H,4-11H2,1-3H3. The normalized spacial score (nSPS) is 18.1. The second-order valence-corrected chi connectivity index (χ2v) is 7.86. The second-order valence-electron chi connectivity index (χ2n) is 6.59. The largest absolute Gasteiger partial charge is 0.310 e. The summed E-state index contributed by atoms with van der Waals surface area (Å²) in [6, 6.07) is 0.